The summed E-state index contributed by atoms with van der Waals surface area (Å²) in [6, 6.07) is 0. The number of hydrogen-bond donors (Lipinski definition) is 0. The topological polar surface area (TPSA) is 0 Å². The van der Waals surface area contributed by atoms with Gasteiger partial charge in [-0.3, -0.25) is 0 Å². The lowest BCUT2D eigenvalue weighted by atomic mass is 10.7. The second kappa shape index (κ2) is 8.87. The van der Waals surface area contributed by atoms with Gasteiger partial charge >= 0.3 is 0 Å². The molecule has 0 aliphatic rings. The van der Waals surface area contributed by atoms with Gasteiger partial charge in [-0.05, 0) is 19.6 Å². The lowest BCUT2D eigenvalue weighted by Crippen LogP contribution is -3.00. The zero-order valence-electron chi connectivity index (χ0n) is 3.66. The van der Waals surface area contributed by atoms with Crippen molar-refractivity contribution in [3.8, 4) is 0 Å². The zero-order chi connectivity index (χ0) is 4.12. The highest BCUT2D eigenvalue weighted by Gasteiger charge is 1.29. The van der Waals surface area contributed by atoms with Crippen LogP contribution in [-0.2, 0) is 0 Å². The highest BCUT2D eigenvalue weighted by atomic mass is 19.0. The number of allylic oxidation sites excluding steroid dienone is 1. The minimum Gasteiger partial charge on any atom is -1.00 e. The molecule has 0 amide bonds. The fourth-order valence-electron chi connectivity index (χ4n) is 0.102. The van der Waals surface area contributed by atoms with E-state index >= 15 is 0 Å². The van der Waals surface area contributed by atoms with Crippen LogP contribution >= 0.6 is 0 Å². The van der Waals surface area contributed by atoms with E-state index in [4.69, 9.17) is 0 Å². The van der Waals surface area contributed by atoms with Gasteiger partial charge in [0.05, 0.1) is 0 Å². The van der Waals surface area contributed by atoms with E-state index in [1.165, 1.54) is 0 Å². The van der Waals surface area contributed by atoms with Crippen molar-refractivity contribution < 1.29 is 4.70 Å². The predicted octanol–water partition coefficient (Wildman–Crippen LogP) is -1.49. The third-order valence-electron chi connectivity index (χ3n) is 0.246. The maximum atomic E-state index is 3.28. The molecule has 0 aromatic rings. The molecule has 0 fully saturated rings. The maximum Gasteiger partial charge on any atom is -0.0370 e. The summed E-state index contributed by atoms with van der Waals surface area (Å²) in [5.41, 5.74) is 5.09. The summed E-state index contributed by atoms with van der Waals surface area (Å²) in [5, 5.41) is 0. The van der Waals surface area contributed by atoms with E-state index in [9.17, 15) is 0 Å². The summed E-state index contributed by atoms with van der Waals surface area (Å²) in [6.45, 7) is 5.16. The number of hydrogen-bond acceptors (Lipinski definition) is 0. The van der Waals surface area contributed by atoms with E-state index in [1.54, 1.807) is 6.08 Å². The Hall–Kier alpha value is -0.770. The molecule has 6 heavy (non-hydrogen) atoms. The fraction of sp³-hybridized carbons (Fsp3) is 0.200. The summed E-state index contributed by atoms with van der Waals surface area (Å²) < 4.78 is 0. The van der Waals surface area contributed by atoms with Crippen molar-refractivity contribution >= 4 is 0 Å². The maximum absolute atomic E-state index is 3.28. The largest absolute Gasteiger partial charge is 1.00 e. The molecular weight excluding hydrogens is 79.1 g/mol. The summed E-state index contributed by atoms with van der Waals surface area (Å²) in [5.74, 6) is 0. The van der Waals surface area contributed by atoms with Crippen molar-refractivity contribution in [3.05, 3.63) is 24.1 Å². The van der Waals surface area contributed by atoms with Crippen molar-refractivity contribution in [2.75, 3.05) is 0 Å². The molecule has 0 radical (unpaired) electrons. The summed E-state index contributed by atoms with van der Waals surface area (Å²) in [6.07, 6.45) is 1.76. The molecule has 0 nitrogen and oxygen atoms in total. The molecule has 0 bridgehead atoms. The van der Waals surface area contributed by atoms with Crippen molar-refractivity contribution in [2.24, 2.45) is 0 Å². The van der Waals surface area contributed by atoms with E-state index in [-0.39, 0.29) is 4.70 Å². The van der Waals surface area contributed by atoms with Crippen molar-refractivity contribution in [3.63, 3.8) is 0 Å². The van der Waals surface area contributed by atoms with Gasteiger partial charge in [0.15, 0.2) is 0 Å². The highest BCUT2D eigenvalue weighted by molar-refractivity contribution is 4.75. The van der Waals surface area contributed by atoms with Gasteiger partial charge < -0.3 is 4.70 Å². The van der Waals surface area contributed by atoms with Gasteiger partial charge in [-0.15, -0.1) is 0 Å². The van der Waals surface area contributed by atoms with Gasteiger partial charge in [-0.1, -0.05) is 11.5 Å². The molecular formula is C5H6F-. The Morgan fingerprint density at radius 3 is 2.17 bits per heavy atom. The van der Waals surface area contributed by atoms with Crippen LogP contribution in [0, 0.1) is 0 Å². The molecule has 0 aromatic carbocycles. The Balaban J connectivity index is 0. The molecule has 0 heterocycles. The van der Waals surface area contributed by atoms with E-state index in [1.807, 2.05) is 6.92 Å². The number of rotatable bonds is 0. The minimum atomic E-state index is 0. The van der Waals surface area contributed by atoms with Crippen LogP contribution in [0.5, 0.6) is 0 Å². The van der Waals surface area contributed by atoms with Crippen LogP contribution in [0.2, 0.25) is 0 Å². The molecule has 0 aliphatic carbocycles. The number of halogens is 1. The van der Waals surface area contributed by atoms with Gasteiger partial charge in [0.2, 0.25) is 0 Å². The third kappa shape index (κ3) is 10.6. The van der Waals surface area contributed by atoms with Crippen molar-refractivity contribution in [1.29, 1.82) is 0 Å². The van der Waals surface area contributed by atoms with Crippen LogP contribution < -0.4 is 4.70 Å². The smallest absolute Gasteiger partial charge is 0.0370 e. The predicted molar refractivity (Wildman–Crippen MR) is 22.9 cm³/mol. The normalized spacial score (nSPS) is 3.50. The molecule has 0 rings (SSSR count). The van der Waals surface area contributed by atoms with Crippen molar-refractivity contribution in [1.82, 2.24) is 0 Å². The first kappa shape index (κ1) is 8.97. The third-order valence-corrected chi connectivity index (χ3v) is 0.246. The molecule has 0 N–H and O–H groups in total. The quantitative estimate of drug-likeness (QED) is 0.314. The molecule has 0 saturated heterocycles. The lowest BCUT2D eigenvalue weighted by Gasteiger charge is -1.40. The van der Waals surface area contributed by atoms with Gasteiger partial charge in [-0.2, -0.15) is 0 Å². The Morgan fingerprint density at radius 1 is 1.67 bits per heavy atom. The molecule has 0 atom stereocenters. The first-order valence-electron chi connectivity index (χ1n) is 1.47. The van der Waals surface area contributed by atoms with Gasteiger partial charge in [0.25, 0.3) is 0 Å². The van der Waals surface area contributed by atoms with E-state index in [0.717, 1.165) is 0 Å². The summed E-state index contributed by atoms with van der Waals surface area (Å²) in [7, 11) is 0. The van der Waals surface area contributed by atoms with Gasteiger partial charge in [0.1, 0.15) is 0 Å². The molecule has 0 aliphatic heterocycles. The minimum absolute atomic E-state index is 0. The van der Waals surface area contributed by atoms with E-state index in [0.29, 0.717) is 0 Å². The summed E-state index contributed by atoms with van der Waals surface area (Å²) in [4.78, 5) is 0. The molecule has 1 heteroatoms. The molecule has 0 aromatic heterocycles. The van der Waals surface area contributed by atoms with Crippen LogP contribution in [0.3, 0.4) is 0 Å². The molecule has 0 unspecified atom stereocenters. The second-order valence-electron chi connectivity index (χ2n) is 0.610. The highest BCUT2D eigenvalue weighted by Crippen LogP contribution is 1.50. The fourth-order valence-corrected chi connectivity index (χ4v) is 0.102. The molecule has 0 saturated carbocycles. The average Bonchev–Trinajstić information content (AvgIpc) is 1.41. The monoisotopic (exact) mass is 85.0 g/mol. The standard InChI is InChI=1S/C5H6.FH/c1-3-5-4-2;/h4H,1H2,2H3;1H/p-1. The van der Waals surface area contributed by atoms with Crippen LogP contribution in [-0.4, -0.2) is 0 Å². The zero-order valence-corrected chi connectivity index (χ0v) is 3.66. The first-order chi connectivity index (χ1) is 2.41. The van der Waals surface area contributed by atoms with Crippen molar-refractivity contribution in [2.45, 2.75) is 6.92 Å². The molecule has 0 spiro atoms. The Labute approximate surface area is 36.9 Å². The van der Waals surface area contributed by atoms with Gasteiger partial charge in [-0.25, -0.2) is 0 Å². The lowest BCUT2D eigenvalue weighted by molar-refractivity contribution is -0.00000114. The van der Waals surface area contributed by atoms with Crippen LogP contribution in [0.1, 0.15) is 6.92 Å². The van der Waals surface area contributed by atoms with E-state index < -0.39 is 0 Å². The Morgan fingerprint density at radius 2 is 2.17 bits per heavy atom. The average molecular weight is 85.1 g/mol. The van der Waals surface area contributed by atoms with Crippen LogP contribution in [0.25, 0.3) is 0 Å². The summed E-state index contributed by atoms with van der Waals surface area (Å²) >= 11 is 0. The molecule has 34 valence electrons. The second-order valence-corrected chi connectivity index (χ2v) is 0.610. The van der Waals surface area contributed by atoms with Crippen LogP contribution in [0.4, 0.5) is 0 Å². The SMILES string of the molecule is C=C=C=CC.[F-]. The van der Waals surface area contributed by atoms with Gasteiger partial charge in [0, 0.05) is 0 Å². The first-order valence-corrected chi connectivity index (χ1v) is 1.47. The Bertz CT molecular complexity index is 82.1. The van der Waals surface area contributed by atoms with E-state index in [2.05, 4.69) is 18.0 Å². The Kier molecular flexibility index (Phi) is 13.3. The van der Waals surface area contributed by atoms with Crippen LogP contribution in [0.15, 0.2) is 24.1 Å².